The fourth-order valence-electron chi connectivity index (χ4n) is 1.76. The minimum absolute atomic E-state index is 0.0551. The van der Waals surface area contributed by atoms with Crippen LogP contribution in [0.4, 0.5) is 0 Å². The van der Waals surface area contributed by atoms with E-state index in [2.05, 4.69) is 31.4 Å². The molecule has 3 nitrogen and oxygen atoms in total. The summed E-state index contributed by atoms with van der Waals surface area (Å²) in [5.41, 5.74) is 0.243. The maximum atomic E-state index is 9.21. The van der Waals surface area contributed by atoms with Crippen molar-refractivity contribution in [3.8, 4) is 0 Å². The van der Waals surface area contributed by atoms with Gasteiger partial charge in [0, 0.05) is 24.2 Å². The maximum absolute atomic E-state index is 9.21. The summed E-state index contributed by atoms with van der Waals surface area (Å²) >= 11 is 0. The van der Waals surface area contributed by atoms with Gasteiger partial charge in [-0.15, -0.1) is 0 Å². The molecule has 1 saturated carbocycles. The second-order valence-electron chi connectivity index (χ2n) is 5.40. The summed E-state index contributed by atoms with van der Waals surface area (Å²) in [5.74, 6) is 0. The molecule has 14 heavy (non-hydrogen) atoms. The molecule has 3 N–H and O–H groups in total. The Kier molecular flexibility index (Phi) is 3.93. The molecular formula is C11H24N2O. The van der Waals surface area contributed by atoms with Crippen molar-refractivity contribution >= 4 is 0 Å². The first-order valence-corrected chi connectivity index (χ1v) is 5.58. The predicted molar refractivity (Wildman–Crippen MR) is 59.4 cm³/mol. The van der Waals surface area contributed by atoms with Crippen LogP contribution in [-0.2, 0) is 0 Å². The van der Waals surface area contributed by atoms with E-state index >= 15 is 0 Å². The smallest absolute Gasteiger partial charge is 0.0613 e. The number of rotatable bonds is 5. The van der Waals surface area contributed by atoms with Gasteiger partial charge in [-0.25, -0.2) is 0 Å². The normalized spacial score (nSPS) is 20.6. The first-order valence-electron chi connectivity index (χ1n) is 5.58. The van der Waals surface area contributed by atoms with Crippen molar-refractivity contribution in [1.82, 2.24) is 10.6 Å². The van der Waals surface area contributed by atoms with Gasteiger partial charge < -0.3 is 15.7 Å². The molecule has 1 aliphatic rings. The summed E-state index contributed by atoms with van der Waals surface area (Å²) in [7, 11) is 0. The van der Waals surface area contributed by atoms with E-state index in [0.29, 0.717) is 0 Å². The highest BCUT2D eigenvalue weighted by Crippen LogP contribution is 2.30. The van der Waals surface area contributed by atoms with E-state index in [4.69, 9.17) is 0 Å². The third kappa shape index (κ3) is 3.56. The summed E-state index contributed by atoms with van der Waals surface area (Å²) in [6.45, 7) is 8.68. The van der Waals surface area contributed by atoms with E-state index in [1.165, 1.54) is 6.42 Å². The molecule has 0 bridgehead atoms. The number of aliphatic hydroxyl groups is 1. The van der Waals surface area contributed by atoms with E-state index in [1.807, 2.05) is 0 Å². The summed E-state index contributed by atoms with van der Waals surface area (Å²) in [4.78, 5) is 0. The van der Waals surface area contributed by atoms with Crippen LogP contribution in [0.25, 0.3) is 0 Å². The molecule has 3 heteroatoms. The highest BCUT2D eigenvalue weighted by molar-refractivity contribution is 4.95. The Morgan fingerprint density at radius 2 is 1.86 bits per heavy atom. The van der Waals surface area contributed by atoms with Crippen LogP contribution in [0.1, 0.15) is 40.0 Å². The Morgan fingerprint density at radius 3 is 2.21 bits per heavy atom. The number of aliphatic hydroxyl groups excluding tert-OH is 1. The predicted octanol–water partition coefficient (Wildman–Crippen LogP) is 0.879. The van der Waals surface area contributed by atoms with Crippen molar-refractivity contribution < 1.29 is 5.11 Å². The van der Waals surface area contributed by atoms with E-state index in [0.717, 1.165) is 25.9 Å². The van der Waals surface area contributed by atoms with Gasteiger partial charge in [0.15, 0.2) is 0 Å². The average Bonchev–Trinajstić information content (AvgIpc) is 2.00. The van der Waals surface area contributed by atoms with Crippen molar-refractivity contribution in [3.63, 3.8) is 0 Å². The van der Waals surface area contributed by atoms with E-state index < -0.39 is 0 Å². The summed E-state index contributed by atoms with van der Waals surface area (Å²) in [5, 5.41) is 16.1. The van der Waals surface area contributed by atoms with Crippen LogP contribution in [0, 0.1) is 0 Å². The van der Waals surface area contributed by atoms with Crippen LogP contribution in [0.5, 0.6) is 0 Å². The van der Waals surface area contributed by atoms with Crippen LogP contribution in [0.2, 0.25) is 0 Å². The lowest BCUT2D eigenvalue weighted by molar-refractivity contribution is 0.0889. The van der Waals surface area contributed by atoms with Gasteiger partial charge in [0.1, 0.15) is 0 Å². The zero-order valence-corrected chi connectivity index (χ0v) is 9.69. The minimum Gasteiger partial charge on any atom is -0.394 e. The summed E-state index contributed by atoms with van der Waals surface area (Å²) in [6.07, 6.45) is 3.50. The molecule has 0 heterocycles. The standard InChI is InChI=1S/C11H24N2O/c1-10(2,3)12-7-8-13-11(9-14)5-4-6-11/h12-14H,4-9H2,1-3H3. The monoisotopic (exact) mass is 200 g/mol. The van der Waals surface area contributed by atoms with Crippen LogP contribution in [0.3, 0.4) is 0 Å². The zero-order valence-electron chi connectivity index (χ0n) is 9.69. The van der Waals surface area contributed by atoms with Crippen molar-refractivity contribution in [1.29, 1.82) is 0 Å². The topological polar surface area (TPSA) is 44.3 Å². The van der Waals surface area contributed by atoms with Gasteiger partial charge in [-0.3, -0.25) is 0 Å². The number of hydrogen-bond acceptors (Lipinski definition) is 3. The fourth-order valence-corrected chi connectivity index (χ4v) is 1.76. The molecule has 0 aromatic heterocycles. The average molecular weight is 200 g/mol. The van der Waals surface area contributed by atoms with Crippen LogP contribution in [-0.4, -0.2) is 35.9 Å². The molecule has 0 radical (unpaired) electrons. The quantitative estimate of drug-likeness (QED) is 0.577. The Bertz CT molecular complexity index is 165. The molecule has 0 unspecified atom stereocenters. The summed E-state index contributed by atoms with van der Waals surface area (Å²) < 4.78 is 0. The van der Waals surface area contributed by atoms with Gasteiger partial charge in [-0.2, -0.15) is 0 Å². The molecule has 1 aliphatic carbocycles. The lowest BCUT2D eigenvalue weighted by Crippen LogP contribution is -2.56. The Hall–Kier alpha value is -0.120. The Labute approximate surface area is 87.3 Å². The van der Waals surface area contributed by atoms with Gasteiger partial charge in [0.05, 0.1) is 6.61 Å². The molecule has 0 atom stereocenters. The SMILES string of the molecule is CC(C)(C)NCCNC1(CO)CCC1. The van der Waals surface area contributed by atoms with Gasteiger partial charge in [0.25, 0.3) is 0 Å². The van der Waals surface area contributed by atoms with Crippen LogP contribution < -0.4 is 10.6 Å². The molecule has 0 saturated heterocycles. The Morgan fingerprint density at radius 1 is 1.21 bits per heavy atom. The largest absolute Gasteiger partial charge is 0.394 e. The number of hydrogen-bond donors (Lipinski definition) is 3. The van der Waals surface area contributed by atoms with Crippen molar-refractivity contribution in [3.05, 3.63) is 0 Å². The van der Waals surface area contributed by atoms with Gasteiger partial charge in [0.2, 0.25) is 0 Å². The molecule has 1 fully saturated rings. The van der Waals surface area contributed by atoms with E-state index in [-0.39, 0.29) is 17.7 Å². The molecule has 0 aromatic carbocycles. The fraction of sp³-hybridized carbons (Fsp3) is 1.00. The highest BCUT2D eigenvalue weighted by atomic mass is 16.3. The first-order chi connectivity index (χ1) is 6.47. The first kappa shape index (κ1) is 12.0. The molecule has 1 rings (SSSR count). The van der Waals surface area contributed by atoms with Gasteiger partial charge >= 0.3 is 0 Å². The molecule has 0 amide bonds. The third-order valence-electron chi connectivity index (χ3n) is 2.89. The van der Waals surface area contributed by atoms with Crippen LogP contribution >= 0.6 is 0 Å². The lowest BCUT2D eigenvalue weighted by atomic mass is 9.77. The molecular weight excluding hydrogens is 176 g/mol. The van der Waals surface area contributed by atoms with Gasteiger partial charge in [-0.05, 0) is 40.0 Å². The van der Waals surface area contributed by atoms with E-state index in [9.17, 15) is 5.11 Å². The number of nitrogens with one attached hydrogen (secondary N) is 2. The highest BCUT2D eigenvalue weighted by Gasteiger charge is 2.35. The van der Waals surface area contributed by atoms with Crippen molar-refractivity contribution in [2.45, 2.75) is 51.1 Å². The maximum Gasteiger partial charge on any atom is 0.0613 e. The second-order valence-corrected chi connectivity index (χ2v) is 5.40. The summed E-state index contributed by atoms with van der Waals surface area (Å²) in [6, 6.07) is 0. The Balaban J connectivity index is 2.09. The van der Waals surface area contributed by atoms with Crippen molar-refractivity contribution in [2.75, 3.05) is 19.7 Å². The molecule has 0 aliphatic heterocycles. The molecule has 84 valence electrons. The van der Waals surface area contributed by atoms with Crippen molar-refractivity contribution in [2.24, 2.45) is 0 Å². The minimum atomic E-state index is 0.0551. The van der Waals surface area contributed by atoms with E-state index in [1.54, 1.807) is 0 Å². The third-order valence-corrected chi connectivity index (χ3v) is 2.89. The second kappa shape index (κ2) is 4.60. The molecule has 0 spiro atoms. The molecule has 0 aromatic rings. The lowest BCUT2D eigenvalue weighted by Gasteiger charge is -2.41. The zero-order chi connectivity index (χ0) is 10.7. The van der Waals surface area contributed by atoms with Gasteiger partial charge in [-0.1, -0.05) is 0 Å². The van der Waals surface area contributed by atoms with Crippen LogP contribution in [0.15, 0.2) is 0 Å².